The van der Waals surface area contributed by atoms with Crippen LogP contribution in [0.3, 0.4) is 0 Å². The van der Waals surface area contributed by atoms with Crippen molar-refractivity contribution >= 4 is 5.65 Å². The van der Waals surface area contributed by atoms with Gasteiger partial charge in [0.1, 0.15) is 5.65 Å². The third-order valence-corrected chi connectivity index (χ3v) is 6.21. The Morgan fingerprint density at radius 2 is 1.63 bits per heavy atom. The molecule has 5 heteroatoms. The smallest absolute Gasteiger partial charge is 0.137 e. The van der Waals surface area contributed by atoms with Crippen molar-refractivity contribution in [1.82, 2.24) is 24.6 Å². The Labute approximate surface area is 207 Å². The molecule has 0 aliphatic rings. The van der Waals surface area contributed by atoms with Gasteiger partial charge in [0, 0.05) is 30.1 Å². The topological polar surface area (TPSA) is 45.5 Å². The van der Waals surface area contributed by atoms with Crippen LogP contribution in [0.25, 0.3) is 39.3 Å². The number of rotatable bonds is 9. The fraction of sp³-hybridized carbons (Fsp3) is 0.200. The highest BCUT2D eigenvalue weighted by Gasteiger charge is 2.09. The van der Waals surface area contributed by atoms with Crippen LogP contribution >= 0.6 is 0 Å². The van der Waals surface area contributed by atoms with Crippen molar-refractivity contribution < 1.29 is 0 Å². The van der Waals surface area contributed by atoms with Gasteiger partial charge in [-0.3, -0.25) is 9.38 Å². The number of nitrogens with zero attached hydrogens (tertiary/aromatic N) is 4. The lowest BCUT2D eigenvalue weighted by Gasteiger charge is -2.10. The highest BCUT2D eigenvalue weighted by atomic mass is 15.1. The number of pyridine rings is 2. The standard InChI is InChI=1S/C30H31N5/c1-34(2)17-6-15-31-21-23-9-11-24(12-10-23)26-14-18-35-29(22-33-30(35)20-26)27-13-16-32-28(19-27)25-7-4-3-5-8-25/h3-5,7-14,16,18-20,22,31H,6,15,17,21H2,1-2H3. The summed E-state index contributed by atoms with van der Waals surface area (Å²) in [5.74, 6) is 0. The maximum absolute atomic E-state index is 4.70. The summed E-state index contributed by atoms with van der Waals surface area (Å²) in [6.45, 7) is 3.04. The zero-order valence-electron chi connectivity index (χ0n) is 20.4. The maximum Gasteiger partial charge on any atom is 0.137 e. The Bertz CT molecular complexity index is 1390. The van der Waals surface area contributed by atoms with Gasteiger partial charge < -0.3 is 10.2 Å². The van der Waals surface area contributed by atoms with Crippen LogP contribution in [0, 0.1) is 0 Å². The van der Waals surface area contributed by atoms with E-state index in [1.807, 2.05) is 36.7 Å². The molecule has 5 aromatic rings. The van der Waals surface area contributed by atoms with E-state index in [0.29, 0.717) is 0 Å². The molecule has 0 atom stereocenters. The summed E-state index contributed by atoms with van der Waals surface area (Å²) in [6.07, 6.45) is 7.07. The van der Waals surface area contributed by atoms with Gasteiger partial charge in [0.05, 0.1) is 17.6 Å². The molecule has 1 N–H and O–H groups in total. The predicted molar refractivity (Wildman–Crippen MR) is 144 cm³/mol. The third-order valence-electron chi connectivity index (χ3n) is 6.21. The fourth-order valence-corrected chi connectivity index (χ4v) is 4.30. The molecule has 0 saturated heterocycles. The Balaban J connectivity index is 1.31. The SMILES string of the molecule is CN(C)CCCNCc1ccc(-c2ccn3c(-c4ccnc(-c5ccccc5)c4)cnc3c2)cc1. The van der Waals surface area contributed by atoms with Crippen LogP contribution in [0.2, 0.25) is 0 Å². The molecular formula is C30H31N5. The molecule has 35 heavy (non-hydrogen) atoms. The average Bonchev–Trinajstić information content (AvgIpc) is 3.33. The van der Waals surface area contributed by atoms with Crippen molar-refractivity contribution in [1.29, 1.82) is 0 Å². The quantitative estimate of drug-likeness (QED) is 0.283. The minimum atomic E-state index is 0.896. The Hall–Kier alpha value is -3.80. The molecule has 0 fully saturated rings. The van der Waals surface area contributed by atoms with Crippen molar-refractivity contribution in [2.75, 3.05) is 27.2 Å². The lowest BCUT2D eigenvalue weighted by atomic mass is 10.0. The summed E-state index contributed by atoms with van der Waals surface area (Å²) in [6, 6.07) is 27.5. The van der Waals surface area contributed by atoms with Crippen molar-refractivity contribution in [3.8, 4) is 33.6 Å². The van der Waals surface area contributed by atoms with Crippen LogP contribution < -0.4 is 5.32 Å². The van der Waals surface area contributed by atoms with E-state index in [4.69, 9.17) is 4.98 Å². The number of hydrogen-bond acceptors (Lipinski definition) is 4. The van der Waals surface area contributed by atoms with E-state index in [0.717, 1.165) is 54.2 Å². The molecular weight excluding hydrogens is 430 g/mol. The van der Waals surface area contributed by atoms with Crippen LogP contribution in [-0.4, -0.2) is 46.5 Å². The molecule has 3 aromatic heterocycles. The summed E-state index contributed by atoms with van der Waals surface area (Å²) in [5, 5.41) is 3.53. The molecule has 5 rings (SSSR count). The van der Waals surface area contributed by atoms with Gasteiger partial charge in [0.2, 0.25) is 0 Å². The molecule has 0 saturated carbocycles. The largest absolute Gasteiger partial charge is 0.313 e. The molecule has 176 valence electrons. The van der Waals surface area contributed by atoms with Gasteiger partial charge in [0.25, 0.3) is 0 Å². The monoisotopic (exact) mass is 461 g/mol. The van der Waals surface area contributed by atoms with E-state index in [2.05, 4.69) is 94.5 Å². The summed E-state index contributed by atoms with van der Waals surface area (Å²) in [5.41, 5.74) is 8.82. The van der Waals surface area contributed by atoms with E-state index >= 15 is 0 Å². The lowest BCUT2D eigenvalue weighted by molar-refractivity contribution is 0.394. The third kappa shape index (κ3) is 5.48. The van der Waals surface area contributed by atoms with Crippen LogP contribution in [-0.2, 0) is 6.54 Å². The Kier molecular flexibility index (Phi) is 6.98. The molecule has 3 heterocycles. The molecule has 5 nitrogen and oxygen atoms in total. The molecule has 0 bridgehead atoms. The van der Waals surface area contributed by atoms with Crippen LogP contribution in [0.15, 0.2) is 97.5 Å². The Morgan fingerprint density at radius 1 is 0.800 bits per heavy atom. The normalized spacial score (nSPS) is 11.4. The Morgan fingerprint density at radius 3 is 2.43 bits per heavy atom. The molecule has 0 spiro atoms. The maximum atomic E-state index is 4.70. The van der Waals surface area contributed by atoms with Crippen molar-refractivity contribution in [3.05, 3.63) is 103 Å². The minimum Gasteiger partial charge on any atom is -0.313 e. The summed E-state index contributed by atoms with van der Waals surface area (Å²) in [7, 11) is 4.22. The molecule has 0 unspecified atom stereocenters. The number of nitrogens with one attached hydrogen (secondary N) is 1. The van der Waals surface area contributed by atoms with Crippen LogP contribution in [0.5, 0.6) is 0 Å². The second kappa shape index (κ2) is 10.6. The first-order valence-electron chi connectivity index (χ1n) is 12.1. The van der Waals surface area contributed by atoms with Gasteiger partial charge in [-0.2, -0.15) is 0 Å². The van der Waals surface area contributed by atoms with Crippen LogP contribution in [0.4, 0.5) is 0 Å². The van der Waals surface area contributed by atoms with Crippen molar-refractivity contribution in [3.63, 3.8) is 0 Å². The first-order chi connectivity index (χ1) is 17.2. The van der Waals surface area contributed by atoms with Gasteiger partial charge in [-0.1, -0.05) is 54.6 Å². The van der Waals surface area contributed by atoms with E-state index in [9.17, 15) is 0 Å². The number of benzene rings is 2. The minimum absolute atomic E-state index is 0.896. The first kappa shape index (κ1) is 23.0. The molecule has 0 amide bonds. The second-order valence-electron chi connectivity index (χ2n) is 9.11. The molecule has 0 radical (unpaired) electrons. The molecule has 2 aromatic carbocycles. The number of imidazole rings is 1. The first-order valence-corrected chi connectivity index (χ1v) is 12.1. The zero-order valence-corrected chi connectivity index (χ0v) is 20.4. The summed E-state index contributed by atoms with van der Waals surface area (Å²) in [4.78, 5) is 11.5. The highest BCUT2D eigenvalue weighted by Crippen LogP contribution is 2.27. The lowest BCUT2D eigenvalue weighted by Crippen LogP contribution is -2.20. The number of hydrogen-bond donors (Lipinski definition) is 1. The van der Waals surface area contributed by atoms with Gasteiger partial charge in [0.15, 0.2) is 0 Å². The van der Waals surface area contributed by atoms with Gasteiger partial charge in [-0.25, -0.2) is 4.98 Å². The number of fused-ring (bicyclic) bond motifs is 1. The predicted octanol–water partition coefficient (Wildman–Crippen LogP) is 5.77. The molecule has 0 aliphatic heterocycles. The number of aromatic nitrogens is 3. The average molecular weight is 462 g/mol. The van der Waals surface area contributed by atoms with E-state index in [1.54, 1.807) is 0 Å². The molecule has 0 aliphatic carbocycles. The van der Waals surface area contributed by atoms with E-state index in [-0.39, 0.29) is 0 Å². The van der Waals surface area contributed by atoms with Gasteiger partial charge in [-0.15, -0.1) is 0 Å². The fourth-order valence-electron chi connectivity index (χ4n) is 4.30. The second-order valence-corrected chi connectivity index (χ2v) is 9.11. The van der Waals surface area contributed by atoms with Crippen molar-refractivity contribution in [2.24, 2.45) is 0 Å². The van der Waals surface area contributed by atoms with Gasteiger partial charge in [-0.05, 0) is 74.6 Å². The van der Waals surface area contributed by atoms with Crippen LogP contribution in [0.1, 0.15) is 12.0 Å². The van der Waals surface area contributed by atoms with Crippen molar-refractivity contribution in [2.45, 2.75) is 13.0 Å². The zero-order chi connectivity index (χ0) is 24.0. The van der Waals surface area contributed by atoms with E-state index < -0.39 is 0 Å². The summed E-state index contributed by atoms with van der Waals surface area (Å²) < 4.78 is 2.14. The van der Waals surface area contributed by atoms with Gasteiger partial charge >= 0.3 is 0 Å². The highest BCUT2D eigenvalue weighted by molar-refractivity contribution is 5.73. The van der Waals surface area contributed by atoms with E-state index in [1.165, 1.54) is 16.7 Å². The summed E-state index contributed by atoms with van der Waals surface area (Å²) >= 11 is 0.